The lowest BCUT2D eigenvalue weighted by Crippen LogP contribution is -2.47. The van der Waals surface area contributed by atoms with Gasteiger partial charge in [-0.1, -0.05) is 0 Å². The average Bonchev–Trinajstić information content (AvgIpc) is 3.25. The predicted octanol–water partition coefficient (Wildman–Crippen LogP) is 3.12. The van der Waals surface area contributed by atoms with E-state index < -0.39 is 0 Å². The summed E-state index contributed by atoms with van der Waals surface area (Å²) in [5.41, 5.74) is 1.63. The van der Waals surface area contributed by atoms with E-state index in [2.05, 4.69) is 41.8 Å². The summed E-state index contributed by atoms with van der Waals surface area (Å²) in [6, 6.07) is 9.46. The summed E-state index contributed by atoms with van der Waals surface area (Å²) in [5.74, 6) is 1.99. The number of hydrogen-bond donors (Lipinski definition) is 3. The van der Waals surface area contributed by atoms with Crippen molar-refractivity contribution in [3.05, 3.63) is 30.1 Å². The van der Waals surface area contributed by atoms with Crippen LogP contribution in [0.4, 0.5) is 17.6 Å². The standard InChI is InChI=1S/C21H25N9/c1-13-10-18(29-28-13)25-20-17-4-2-8-23-19(17)26-21(27-20)24-14-11-15-5-6-16(12-14)30(15)9-3-7-22/h2,4,8,10,14-16H,3,5-6,9,11-12H2,1H3,(H3,23,24,25,26,27,28,29)/t14-,15-,16?/m0/s1. The number of fused-ring (bicyclic) bond motifs is 3. The van der Waals surface area contributed by atoms with Crippen LogP contribution in [0.3, 0.4) is 0 Å². The SMILES string of the molecule is Cc1cc(Nc2nc(N[C@@H]3CC4CC[C@@H](C3)N4CCC#N)nc3ncccc23)n[nH]1. The van der Waals surface area contributed by atoms with Gasteiger partial charge in [0.15, 0.2) is 11.5 Å². The molecule has 2 aliphatic heterocycles. The van der Waals surface area contributed by atoms with Crippen LogP contribution in [-0.2, 0) is 0 Å². The quantitative estimate of drug-likeness (QED) is 0.574. The van der Waals surface area contributed by atoms with E-state index in [9.17, 15) is 0 Å². The van der Waals surface area contributed by atoms with Crippen molar-refractivity contribution in [3.63, 3.8) is 0 Å². The number of nitrogens with zero attached hydrogens (tertiary/aromatic N) is 6. The number of aromatic amines is 1. The lowest BCUT2D eigenvalue weighted by molar-refractivity contribution is 0.135. The largest absolute Gasteiger partial charge is 0.351 e. The Morgan fingerprint density at radius 3 is 2.83 bits per heavy atom. The van der Waals surface area contributed by atoms with Gasteiger partial charge in [-0.3, -0.25) is 10.00 Å². The maximum atomic E-state index is 8.93. The normalized spacial score (nSPS) is 23.4. The molecule has 3 aromatic rings. The fraction of sp³-hybridized carbons (Fsp3) is 0.476. The summed E-state index contributed by atoms with van der Waals surface area (Å²) in [6.45, 7) is 2.84. The van der Waals surface area contributed by atoms with Crippen molar-refractivity contribution in [3.8, 4) is 6.07 Å². The minimum Gasteiger partial charge on any atom is -0.351 e. The van der Waals surface area contributed by atoms with E-state index in [-0.39, 0.29) is 0 Å². The second kappa shape index (κ2) is 7.88. The molecule has 3 atom stereocenters. The molecule has 0 saturated carbocycles. The van der Waals surface area contributed by atoms with Crippen LogP contribution in [0.15, 0.2) is 24.4 Å². The first-order chi connectivity index (χ1) is 14.7. The first kappa shape index (κ1) is 18.8. The molecule has 30 heavy (non-hydrogen) atoms. The highest BCUT2D eigenvalue weighted by Gasteiger charge is 2.40. The Morgan fingerprint density at radius 1 is 1.27 bits per heavy atom. The molecule has 0 radical (unpaired) electrons. The second-order valence-corrected chi connectivity index (χ2v) is 8.18. The minimum absolute atomic E-state index is 0.322. The molecule has 2 bridgehead atoms. The Morgan fingerprint density at radius 2 is 2.10 bits per heavy atom. The molecular formula is C21H25N9. The zero-order valence-electron chi connectivity index (χ0n) is 17.0. The van der Waals surface area contributed by atoms with E-state index in [4.69, 9.17) is 10.2 Å². The number of nitriles is 1. The molecule has 0 amide bonds. The summed E-state index contributed by atoms with van der Waals surface area (Å²) in [6.07, 6.45) is 6.86. The van der Waals surface area contributed by atoms with E-state index in [1.54, 1.807) is 6.20 Å². The molecule has 3 aromatic heterocycles. The summed E-state index contributed by atoms with van der Waals surface area (Å²) in [5, 5.41) is 23.8. The Labute approximate surface area is 174 Å². The van der Waals surface area contributed by atoms with Gasteiger partial charge in [0.25, 0.3) is 0 Å². The van der Waals surface area contributed by atoms with Crippen LogP contribution >= 0.6 is 0 Å². The highest BCUT2D eigenvalue weighted by Crippen LogP contribution is 2.36. The van der Waals surface area contributed by atoms with Gasteiger partial charge >= 0.3 is 0 Å². The summed E-state index contributed by atoms with van der Waals surface area (Å²) < 4.78 is 0. The van der Waals surface area contributed by atoms with E-state index in [0.29, 0.717) is 47.8 Å². The number of hydrogen-bond acceptors (Lipinski definition) is 8. The van der Waals surface area contributed by atoms with Gasteiger partial charge in [-0.25, -0.2) is 4.98 Å². The van der Waals surface area contributed by atoms with Gasteiger partial charge in [0, 0.05) is 49.0 Å². The minimum atomic E-state index is 0.322. The van der Waals surface area contributed by atoms with Crippen molar-refractivity contribution in [2.45, 2.75) is 57.2 Å². The molecule has 1 unspecified atom stereocenters. The molecule has 0 aliphatic carbocycles. The maximum absolute atomic E-state index is 8.93. The van der Waals surface area contributed by atoms with Crippen LogP contribution in [0.5, 0.6) is 0 Å². The third-order valence-corrected chi connectivity index (χ3v) is 6.12. The highest BCUT2D eigenvalue weighted by atomic mass is 15.3. The number of piperidine rings is 1. The fourth-order valence-electron chi connectivity index (χ4n) is 4.84. The molecule has 154 valence electrons. The number of rotatable bonds is 6. The third kappa shape index (κ3) is 3.66. The topological polar surface area (TPSA) is 118 Å². The van der Waals surface area contributed by atoms with Crippen LogP contribution in [0.1, 0.15) is 37.8 Å². The molecule has 2 aliphatic rings. The van der Waals surface area contributed by atoms with Gasteiger partial charge in [0.2, 0.25) is 5.95 Å². The molecule has 0 aromatic carbocycles. The molecular weight excluding hydrogens is 378 g/mol. The molecule has 0 spiro atoms. The van der Waals surface area contributed by atoms with Gasteiger partial charge in [0.05, 0.1) is 11.5 Å². The zero-order chi connectivity index (χ0) is 20.5. The van der Waals surface area contributed by atoms with E-state index in [1.165, 1.54) is 12.8 Å². The Balaban J connectivity index is 1.37. The van der Waals surface area contributed by atoms with Crippen LogP contribution in [0.2, 0.25) is 0 Å². The number of anilines is 3. The van der Waals surface area contributed by atoms with Gasteiger partial charge in [-0.15, -0.1) is 0 Å². The van der Waals surface area contributed by atoms with E-state index >= 15 is 0 Å². The third-order valence-electron chi connectivity index (χ3n) is 6.12. The lowest BCUT2D eigenvalue weighted by Gasteiger charge is -2.38. The number of H-pyrrole nitrogens is 1. The lowest BCUT2D eigenvalue weighted by atomic mass is 9.97. The van der Waals surface area contributed by atoms with Crippen LogP contribution in [-0.4, -0.2) is 54.7 Å². The van der Waals surface area contributed by atoms with Crippen molar-refractivity contribution in [2.24, 2.45) is 0 Å². The van der Waals surface area contributed by atoms with Crippen molar-refractivity contribution >= 4 is 28.6 Å². The smallest absolute Gasteiger partial charge is 0.226 e. The fourth-order valence-corrected chi connectivity index (χ4v) is 4.84. The van der Waals surface area contributed by atoms with Gasteiger partial charge in [-0.2, -0.15) is 20.3 Å². The van der Waals surface area contributed by atoms with Gasteiger partial charge in [0.1, 0.15) is 5.82 Å². The molecule has 9 heteroatoms. The maximum Gasteiger partial charge on any atom is 0.226 e. The molecule has 9 nitrogen and oxygen atoms in total. The number of aromatic nitrogens is 5. The second-order valence-electron chi connectivity index (χ2n) is 8.18. The first-order valence-electron chi connectivity index (χ1n) is 10.5. The number of aryl methyl sites for hydroxylation is 1. The Kier molecular flexibility index (Phi) is 4.93. The number of nitrogens with one attached hydrogen (secondary N) is 3. The average molecular weight is 403 g/mol. The molecule has 3 N–H and O–H groups in total. The first-order valence-corrected chi connectivity index (χ1v) is 10.5. The van der Waals surface area contributed by atoms with E-state index in [0.717, 1.165) is 30.5 Å². The Hall–Kier alpha value is -3.25. The summed E-state index contributed by atoms with van der Waals surface area (Å²) in [7, 11) is 0. The van der Waals surface area contributed by atoms with Crippen molar-refractivity contribution in [1.82, 2.24) is 30.0 Å². The predicted molar refractivity (Wildman–Crippen MR) is 114 cm³/mol. The summed E-state index contributed by atoms with van der Waals surface area (Å²) in [4.78, 5) is 16.4. The summed E-state index contributed by atoms with van der Waals surface area (Å²) >= 11 is 0. The zero-order valence-corrected chi connectivity index (χ0v) is 17.0. The van der Waals surface area contributed by atoms with E-state index in [1.807, 2.05) is 25.1 Å². The Bertz CT molecular complexity index is 1070. The van der Waals surface area contributed by atoms with Crippen LogP contribution in [0.25, 0.3) is 11.0 Å². The van der Waals surface area contributed by atoms with Crippen molar-refractivity contribution in [1.29, 1.82) is 5.26 Å². The number of pyridine rings is 1. The molecule has 2 saturated heterocycles. The van der Waals surface area contributed by atoms with Gasteiger partial charge in [-0.05, 0) is 44.7 Å². The molecule has 5 heterocycles. The van der Waals surface area contributed by atoms with Gasteiger partial charge < -0.3 is 10.6 Å². The van der Waals surface area contributed by atoms with Crippen molar-refractivity contribution in [2.75, 3.05) is 17.2 Å². The monoisotopic (exact) mass is 403 g/mol. The van der Waals surface area contributed by atoms with Crippen LogP contribution in [0, 0.1) is 18.3 Å². The molecule has 5 rings (SSSR count). The molecule has 2 fully saturated rings. The van der Waals surface area contributed by atoms with Crippen LogP contribution < -0.4 is 10.6 Å². The van der Waals surface area contributed by atoms with Crippen molar-refractivity contribution < 1.29 is 0 Å². The highest BCUT2D eigenvalue weighted by molar-refractivity contribution is 5.89.